The zero-order valence-corrected chi connectivity index (χ0v) is 20.1. The van der Waals surface area contributed by atoms with E-state index in [-0.39, 0.29) is 27.1 Å². The van der Waals surface area contributed by atoms with E-state index >= 15 is 0 Å². The number of benzene rings is 2. The molecule has 11 nitrogen and oxygen atoms in total. The summed E-state index contributed by atoms with van der Waals surface area (Å²) in [6.45, 7) is 0. The Kier molecular flexibility index (Phi) is 7.09. The Morgan fingerprint density at radius 3 is 2.75 bits per heavy atom. The number of aromatic amines is 1. The number of para-hydroxylation sites is 1. The van der Waals surface area contributed by atoms with Crippen LogP contribution in [0.5, 0.6) is 5.75 Å². The zero-order valence-electron chi connectivity index (χ0n) is 18.5. The molecule has 0 bridgehead atoms. The Bertz CT molecular complexity index is 1580. The number of carbonyl (C=O) groups is 1. The number of hydrogen-bond acceptors (Lipinski definition) is 10. The van der Waals surface area contributed by atoms with Crippen LogP contribution in [0.15, 0.2) is 63.9 Å². The van der Waals surface area contributed by atoms with Crippen LogP contribution in [0.25, 0.3) is 22.5 Å². The fourth-order valence-corrected chi connectivity index (χ4v) is 5.22. The number of nitro groups is 1. The van der Waals surface area contributed by atoms with Gasteiger partial charge in [-0.15, -0.1) is 11.3 Å². The lowest BCUT2D eigenvalue weighted by atomic mass is 10.1. The van der Waals surface area contributed by atoms with Crippen molar-refractivity contribution < 1.29 is 14.5 Å². The van der Waals surface area contributed by atoms with E-state index in [9.17, 15) is 25.0 Å². The van der Waals surface area contributed by atoms with Crippen LogP contribution in [0.1, 0.15) is 15.8 Å². The van der Waals surface area contributed by atoms with Crippen molar-refractivity contribution in [1.29, 1.82) is 5.26 Å². The molecule has 13 heteroatoms. The van der Waals surface area contributed by atoms with E-state index in [4.69, 9.17) is 10.5 Å². The summed E-state index contributed by atoms with van der Waals surface area (Å²) in [7, 11) is 1.49. The molecule has 0 aliphatic heterocycles. The van der Waals surface area contributed by atoms with Gasteiger partial charge in [0.2, 0.25) is 5.91 Å². The molecule has 4 aromatic rings. The number of thioether (sulfide) groups is 1. The summed E-state index contributed by atoms with van der Waals surface area (Å²) in [5.74, 6) is -0.244. The summed E-state index contributed by atoms with van der Waals surface area (Å²) in [6.07, 6.45) is 0. The highest BCUT2D eigenvalue weighted by Crippen LogP contribution is 2.38. The maximum absolute atomic E-state index is 12.6. The number of amides is 1. The zero-order chi connectivity index (χ0) is 25.8. The Morgan fingerprint density at radius 2 is 2.06 bits per heavy atom. The van der Waals surface area contributed by atoms with Gasteiger partial charge in [-0.1, -0.05) is 36.0 Å². The molecule has 1 unspecified atom stereocenters. The minimum absolute atomic E-state index is 0.0445. The van der Waals surface area contributed by atoms with Crippen LogP contribution < -0.4 is 16.0 Å². The number of ether oxygens (including phenoxy) is 1. The van der Waals surface area contributed by atoms with Crippen molar-refractivity contribution in [1.82, 2.24) is 15.0 Å². The van der Waals surface area contributed by atoms with Gasteiger partial charge >= 0.3 is 0 Å². The van der Waals surface area contributed by atoms with Crippen molar-refractivity contribution in [2.45, 2.75) is 10.4 Å². The molecule has 0 aliphatic rings. The summed E-state index contributed by atoms with van der Waals surface area (Å²) < 4.78 is 5.21. The molecule has 0 radical (unpaired) electrons. The number of methoxy groups -OCH3 is 1. The van der Waals surface area contributed by atoms with E-state index in [2.05, 4.69) is 15.0 Å². The first-order chi connectivity index (χ1) is 17.3. The van der Waals surface area contributed by atoms with Crippen LogP contribution >= 0.6 is 23.1 Å². The molecule has 3 N–H and O–H groups in total. The molecule has 0 spiro atoms. The van der Waals surface area contributed by atoms with E-state index < -0.39 is 21.6 Å². The third-order valence-electron chi connectivity index (χ3n) is 4.96. The quantitative estimate of drug-likeness (QED) is 0.152. The Balaban J connectivity index is 1.73. The number of nitrogens with one attached hydrogen (secondary N) is 1. The van der Waals surface area contributed by atoms with E-state index in [1.54, 1.807) is 47.8 Å². The van der Waals surface area contributed by atoms with Crippen LogP contribution in [-0.2, 0) is 4.79 Å². The van der Waals surface area contributed by atoms with Gasteiger partial charge in [-0.25, -0.2) is 9.97 Å². The minimum Gasteiger partial charge on any atom is -0.497 e. The van der Waals surface area contributed by atoms with Crippen molar-refractivity contribution in [3.63, 3.8) is 0 Å². The maximum atomic E-state index is 12.6. The van der Waals surface area contributed by atoms with E-state index in [1.165, 1.54) is 13.2 Å². The highest BCUT2D eigenvalue weighted by Gasteiger charge is 2.27. The molecule has 0 fully saturated rings. The summed E-state index contributed by atoms with van der Waals surface area (Å²) in [5.41, 5.74) is 5.82. The monoisotopic (exact) mass is 520 g/mol. The highest BCUT2D eigenvalue weighted by atomic mass is 32.2. The average molecular weight is 521 g/mol. The number of H-pyrrole nitrogens is 1. The van der Waals surface area contributed by atoms with Crippen molar-refractivity contribution in [2.24, 2.45) is 5.73 Å². The Labute approximate surface area is 211 Å². The number of nitrogens with zero attached hydrogens (tertiary/aromatic N) is 4. The number of nitrogens with two attached hydrogens (primary N) is 1. The van der Waals surface area contributed by atoms with Gasteiger partial charge < -0.3 is 15.5 Å². The molecule has 1 amide bonds. The molecule has 0 saturated carbocycles. The lowest BCUT2D eigenvalue weighted by Crippen LogP contribution is -2.21. The topological polar surface area (TPSA) is 178 Å². The number of carbonyl (C=O) groups excluding carboxylic acids is 1. The van der Waals surface area contributed by atoms with Crippen LogP contribution in [0.3, 0.4) is 0 Å². The standard InChI is InChI=1S/C23H16N6O5S2/c1-34-13-6-4-5-12(9-13)18-15(10-24)21(31)28-23(27-18)36-19(20(25)30)22-26-16(11-35-22)14-7-2-3-8-17(14)29(32)33/h2-9,11,19H,1H3,(H2,25,30)(H,27,28,31). The molecule has 4 rings (SSSR count). The second-order valence-electron chi connectivity index (χ2n) is 7.18. The van der Waals surface area contributed by atoms with Crippen molar-refractivity contribution in [2.75, 3.05) is 7.11 Å². The summed E-state index contributed by atoms with van der Waals surface area (Å²) in [6, 6.07) is 14.7. The normalized spacial score (nSPS) is 11.4. The van der Waals surface area contributed by atoms with Crippen LogP contribution in [0, 0.1) is 21.4 Å². The maximum Gasteiger partial charge on any atom is 0.278 e. The van der Waals surface area contributed by atoms with Gasteiger partial charge in [0.25, 0.3) is 11.2 Å². The molecule has 2 aromatic carbocycles. The first-order valence-corrected chi connectivity index (χ1v) is 11.9. The van der Waals surface area contributed by atoms with E-state index in [0.717, 1.165) is 23.1 Å². The summed E-state index contributed by atoms with van der Waals surface area (Å²) >= 11 is 1.95. The second-order valence-corrected chi connectivity index (χ2v) is 9.17. The van der Waals surface area contributed by atoms with Gasteiger partial charge in [-0.3, -0.25) is 19.7 Å². The van der Waals surface area contributed by atoms with Gasteiger partial charge in [0.05, 0.1) is 29.0 Å². The average Bonchev–Trinajstić information content (AvgIpc) is 3.36. The molecule has 0 aliphatic carbocycles. The number of aromatic nitrogens is 3. The molecular weight excluding hydrogens is 504 g/mol. The van der Waals surface area contributed by atoms with Gasteiger partial charge in [0.1, 0.15) is 27.6 Å². The van der Waals surface area contributed by atoms with Crippen molar-refractivity contribution >= 4 is 34.7 Å². The third kappa shape index (κ3) is 4.95. The third-order valence-corrected chi connectivity index (χ3v) is 7.13. The number of hydrogen-bond donors (Lipinski definition) is 2. The van der Waals surface area contributed by atoms with Gasteiger partial charge in [-0.2, -0.15) is 5.26 Å². The van der Waals surface area contributed by atoms with Gasteiger partial charge in [0, 0.05) is 17.0 Å². The first kappa shape index (κ1) is 24.6. The summed E-state index contributed by atoms with van der Waals surface area (Å²) in [5, 5.41) is 21.8. The smallest absolute Gasteiger partial charge is 0.278 e. The predicted molar refractivity (Wildman–Crippen MR) is 134 cm³/mol. The fraction of sp³-hybridized carbons (Fsp3) is 0.0870. The fourth-order valence-electron chi connectivity index (χ4n) is 3.31. The van der Waals surface area contributed by atoms with Crippen LogP contribution in [0.2, 0.25) is 0 Å². The molecule has 36 heavy (non-hydrogen) atoms. The molecular formula is C23H16N6O5S2. The van der Waals surface area contributed by atoms with Crippen molar-refractivity contribution in [3.05, 3.63) is 85.0 Å². The molecule has 0 saturated heterocycles. The van der Waals surface area contributed by atoms with Gasteiger partial charge in [0.15, 0.2) is 5.16 Å². The molecule has 2 aromatic heterocycles. The predicted octanol–water partition coefficient (Wildman–Crippen LogP) is 3.67. The lowest BCUT2D eigenvalue weighted by Gasteiger charge is -2.11. The molecule has 1 atom stereocenters. The highest BCUT2D eigenvalue weighted by molar-refractivity contribution is 8.00. The van der Waals surface area contributed by atoms with Gasteiger partial charge in [-0.05, 0) is 18.2 Å². The molecule has 180 valence electrons. The first-order valence-electron chi connectivity index (χ1n) is 10.2. The van der Waals surface area contributed by atoms with E-state index in [0.29, 0.717) is 22.6 Å². The number of nitriles is 1. The number of nitro benzene ring substituents is 1. The Morgan fingerprint density at radius 1 is 1.28 bits per heavy atom. The van der Waals surface area contributed by atoms with Crippen LogP contribution in [-0.4, -0.2) is 32.9 Å². The van der Waals surface area contributed by atoms with Crippen molar-refractivity contribution in [3.8, 4) is 34.3 Å². The SMILES string of the molecule is COc1cccc(-c2nc(SC(C(N)=O)c3nc(-c4ccccc4[N+](=O)[O-])cs3)[nH]c(=O)c2C#N)c1. The summed E-state index contributed by atoms with van der Waals surface area (Å²) in [4.78, 5) is 47.2. The number of rotatable bonds is 8. The van der Waals surface area contributed by atoms with E-state index in [1.807, 2.05) is 6.07 Å². The number of primary amides is 1. The largest absolute Gasteiger partial charge is 0.497 e. The Hall–Kier alpha value is -4.54. The molecule has 2 heterocycles. The lowest BCUT2D eigenvalue weighted by molar-refractivity contribution is -0.384. The number of thiazole rings is 1. The minimum atomic E-state index is -1.05. The van der Waals surface area contributed by atoms with Crippen LogP contribution in [0.4, 0.5) is 5.69 Å². The second kappa shape index (κ2) is 10.4.